The Kier molecular flexibility index (Phi) is 5.25. The first-order chi connectivity index (χ1) is 14.8. The fraction of sp³-hybridized carbons (Fsp3) is 0.167. The van der Waals surface area contributed by atoms with Crippen molar-refractivity contribution in [3.8, 4) is 0 Å². The average molecular weight is 398 g/mol. The lowest BCUT2D eigenvalue weighted by atomic mass is 10.3. The van der Waals surface area contributed by atoms with Crippen molar-refractivity contribution in [2.24, 2.45) is 0 Å². The summed E-state index contributed by atoms with van der Waals surface area (Å²) in [4.78, 5) is 16.0. The molecule has 2 N–H and O–H groups in total. The summed E-state index contributed by atoms with van der Waals surface area (Å²) in [6, 6.07) is 16.4. The topological polar surface area (TPSA) is 75.8 Å². The van der Waals surface area contributed by atoms with Crippen LogP contribution in [0.2, 0.25) is 0 Å². The van der Waals surface area contributed by atoms with Gasteiger partial charge in [-0.25, -0.2) is 9.97 Å². The van der Waals surface area contributed by atoms with Gasteiger partial charge in [0.2, 0.25) is 0 Å². The first-order valence-corrected chi connectivity index (χ1v) is 10.0. The Balaban J connectivity index is 0.000000279. The highest BCUT2D eigenvalue weighted by molar-refractivity contribution is 5.77. The standard InChI is InChI=1S/C20H14N4.C4H8O2/c1-2-14-10-16-5-6-18(23-16)12-20-8-7-19(24-20)11-17-4-3-15(22-17)9-13(1)21-14;1-2-6-4-3-5-1/h1-12,21-22H;1-4H2. The van der Waals surface area contributed by atoms with Crippen LogP contribution in [-0.2, 0) is 9.47 Å². The summed E-state index contributed by atoms with van der Waals surface area (Å²) < 4.78 is 9.89. The predicted octanol–water partition coefficient (Wildman–Crippen LogP) is 4.69. The van der Waals surface area contributed by atoms with Gasteiger partial charge in [0.1, 0.15) is 0 Å². The minimum atomic E-state index is 0.778. The van der Waals surface area contributed by atoms with Crippen molar-refractivity contribution in [1.82, 2.24) is 19.9 Å². The van der Waals surface area contributed by atoms with Crippen molar-refractivity contribution in [2.45, 2.75) is 0 Å². The van der Waals surface area contributed by atoms with Crippen LogP contribution in [0.5, 0.6) is 0 Å². The van der Waals surface area contributed by atoms with Gasteiger partial charge in [0.25, 0.3) is 0 Å². The molecule has 0 spiro atoms. The third-order valence-corrected chi connectivity index (χ3v) is 4.79. The first-order valence-electron chi connectivity index (χ1n) is 10.0. The third kappa shape index (κ3) is 4.56. The zero-order chi connectivity index (χ0) is 20.2. The second kappa shape index (κ2) is 8.49. The maximum atomic E-state index is 4.94. The molecule has 3 aromatic heterocycles. The monoisotopic (exact) mass is 398 g/mol. The molecule has 150 valence electrons. The lowest BCUT2D eigenvalue weighted by Gasteiger charge is -2.09. The number of H-pyrrole nitrogens is 2. The molecular weight excluding hydrogens is 376 g/mol. The first kappa shape index (κ1) is 18.5. The summed E-state index contributed by atoms with van der Waals surface area (Å²) in [5.41, 5.74) is 7.86. The van der Waals surface area contributed by atoms with Gasteiger partial charge in [-0.15, -0.1) is 0 Å². The van der Waals surface area contributed by atoms with Gasteiger partial charge in [-0.2, -0.15) is 0 Å². The summed E-state index contributed by atoms with van der Waals surface area (Å²) >= 11 is 0. The molecule has 8 bridgehead atoms. The Morgan fingerprint density at radius 2 is 0.867 bits per heavy atom. The molecule has 0 atom stereocenters. The maximum absolute atomic E-state index is 4.94. The van der Waals surface area contributed by atoms with Gasteiger partial charge >= 0.3 is 0 Å². The van der Waals surface area contributed by atoms with Gasteiger partial charge in [0.05, 0.1) is 49.2 Å². The molecule has 0 radical (unpaired) electrons. The van der Waals surface area contributed by atoms with E-state index in [1.54, 1.807) is 0 Å². The molecule has 3 aliphatic heterocycles. The lowest BCUT2D eigenvalue weighted by Crippen LogP contribution is -2.16. The zero-order valence-electron chi connectivity index (χ0n) is 16.5. The van der Waals surface area contributed by atoms with Gasteiger partial charge in [-0.3, -0.25) is 0 Å². The quantitative estimate of drug-likeness (QED) is 0.397. The van der Waals surface area contributed by atoms with Crippen molar-refractivity contribution < 1.29 is 9.47 Å². The number of hydrogen-bond donors (Lipinski definition) is 2. The molecule has 1 saturated heterocycles. The summed E-state index contributed by atoms with van der Waals surface area (Å²) in [5.74, 6) is 0. The van der Waals surface area contributed by atoms with E-state index in [9.17, 15) is 0 Å². The SMILES string of the molecule is C1=Cc2cc3ccc(cc4ccc(cc5nc(cc1n2)C=C5)[nH]4)[nH]3.C1COCCO1. The van der Waals surface area contributed by atoms with Crippen LogP contribution in [0.25, 0.3) is 46.4 Å². The molecule has 3 aromatic rings. The van der Waals surface area contributed by atoms with Gasteiger partial charge in [-0.1, -0.05) is 0 Å². The molecular formula is C24H22N4O2. The van der Waals surface area contributed by atoms with Crippen LogP contribution in [0.3, 0.4) is 0 Å². The smallest absolute Gasteiger partial charge is 0.0701 e. The Bertz CT molecular complexity index is 1160. The van der Waals surface area contributed by atoms with Crippen molar-refractivity contribution in [3.05, 3.63) is 71.3 Å². The Labute approximate surface area is 173 Å². The van der Waals surface area contributed by atoms with Crippen LogP contribution < -0.4 is 0 Å². The van der Waals surface area contributed by atoms with E-state index < -0.39 is 0 Å². The Hall–Kier alpha value is -3.48. The number of ether oxygens (including phenoxy) is 2. The van der Waals surface area contributed by atoms with Gasteiger partial charge in [-0.05, 0) is 72.8 Å². The van der Waals surface area contributed by atoms with Crippen molar-refractivity contribution in [2.75, 3.05) is 26.4 Å². The van der Waals surface area contributed by atoms with E-state index in [1.165, 1.54) is 0 Å². The zero-order valence-corrected chi connectivity index (χ0v) is 16.5. The molecule has 0 unspecified atom stereocenters. The van der Waals surface area contributed by atoms with E-state index >= 15 is 0 Å². The number of hydrogen-bond acceptors (Lipinski definition) is 4. The predicted molar refractivity (Wildman–Crippen MR) is 120 cm³/mol. The molecule has 6 rings (SSSR count). The van der Waals surface area contributed by atoms with Crippen molar-refractivity contribution in [3.63, 3.8) is 0 Å². The molecule has 3 aliphatic rings. The fourth-order valence-electron chi connectivity index (χ4n) is 3.38. The number of aromatic amines is 2. The maximum Gasteiger partial charge on any atom is 0.0701 e. The summed E-state index contributed by atoms with van der Waals surface area (Å²) in [7, 11) is 0. The number of nitrogens with zero attached hydrogens (tertiary/aromatic N) is 2. The molecule has 6 heteroatoms. The average Bonchev–Trinajstić information content (AvgIpc) is 3.56. The van der Waals surface area contributed by atoms with Gasteiger partial charge < -0.3 is 19.4 Å². The van der Waals surface area contributed by atoms with E-state index in [2.05, 4.69) is 50.3 Å². The fourth-order valence-corrected chi connectivity index (χ4v) is 3.38. The number of fused-ring (bicyclic) bond motifs is 8. The van der Waals surface area contributed by atoms with Crippen molar-refractivity contribution >= 4 is 46.4 Å². The minimum Gasteiger partial charge on any atom is -0.377 e. The van der Waals surface area contributed by atoms with Crippen molar-refractivity contribution in [1.29, 1.82) is 0 Å². The van der Waals surface area contributed by atoms with Crippen LogP contribution >= 0.6 is 0 Å². The highest BCUT2D eigenvalue weighted by Gasteiger charge is 2.02. The number of nitrogens with one attached hydrogen (secondary N) is 2. The summed E-state index contributed by atoms with van der Waals surface area (Å²) in [5, 5.41) is 0. The van der Waals surface area contributed by atoms with Crippen LogP contribution in [0, 0.1) is 0 Å². The molecule has 30 heavy (non-hydrogen) atoms. The van der Waals surface area contributed by atoms with E-state index in [0.717, 1.165) is 71.3 Å². The van der Waals surface area contributed by atoms with Crippen LogP contribution in [0.15, 0.2) is 48.5 Å². The number of aromatic nitrogens is 4. The van der Waals surface area contributed by atoms with E-state index in [0.29, 0.717) is 0 Å². The third-order valence-electron chi connectivity index (χ3n) is 4.79. The van der Waals surface area contributed by atoms with Crippen LogP contribution in [-0.4, -0.2) is 46.4 Å². The van der Waals surface area contributed by atoms with Gasteiger partial charge in [0.15, 0.2) is 0 Å². The minimum absolute atomic E-state index is 0.778. The van der Waals surface area contributed by atoms with Crippen LogP contribution in [0.1, 0.15) is 22.8 Å². The van der Waals surface area contributed by atoms with Gasteiger partial charge in [0, 0.05) is 22.1 Å². The Morgan fingerprint density at radius 1 is 0.500 bits per heavy atom. The molecule has 1 fully saturated rings. The largest absolute Gasteiger partial charge is 0.377 e. The highest BCUT2D eigenvalue weighted by Crippen LogP contribution is 2.17. The van der Waals surface area contributed by atoms with E-state index in [-0.39, 0.29) is 0 Å². The summed E-state index contributed by atoms with van der Waals surface area (Å²) in [6.45, 7) is 3.11. The number of rotatable bonds is 0. The molecule has 0 saturated carbocycles. The molecule has 6 heterocycles. The molecule has 0 amide bonds. The summed E-state index contributed by atoms with van der Waals surface area (Å²) in [6.07, 6.45) is 8.05. The second-order valence-corrected chi connectivity index (χ2v) is 7.13. The van der Waals surface area contributed by atoms with E-state index in [4.69, 9.17) is 9.47 Å². The van der Waals surface area contributed by atoms with Crippen LogP contribution in [0.4, 0.5) is 0 Å². The molecule has 6 nitrogen and oxygen atoms in total. The lowest BCUT2D eigenvalue weighted by molar-refractivity contribution is -0.0334. The normalized spacial score (nSPS) is 14.9. The van der Waals surface area contributed by atoms with E-state index in [1.807, 2.05) is 42.5 Å². The highest BCUT2D eigenvalue weighted by atomic mass is 16.6. The Morgan fingerprint density at radius 3 is 1.27 bits per heavy atom. The molecule has 0 aromatic carbocycles. The second-order valence-electron chi connectivity index (χ2n) is 7.13. The molecule has 0 aliphatic carbocycles.